The highest BCUT2D eigenvalue weighted by atomic mass is 32.2. The number of hydrogen-bond acceptors (Lipinski definition) is 4. The summed E-state index contributed by atoms with van der Waals surface area (Å²) in [5, 5.41) is 17.0. The summed E-state index contributed by atoms with van der Waals surface area (Å²) in [5.41, 5.74) is 1.34. The van der Waals surface area contributed by atoms with Crippen molar-refractivity contribution in [2.45, 2.75) is 24.5 Å². The van der Waals surface area contributed by atoms with Crippen molar-refractivity contribution in [3.05, 3.63) is 46.4 Å². The first kappa shape index (κ1) is 13.3. The van der Waals surface area contributed by atoms with Crippen molar-refractivity contribution in [2.75, 3.05) is 0 Å². The lowest BCUT2D eigenvalue weighted by molar-refractivity contribution is 0.570. The predicted molar refractivity (Wildman–Crippen MR) is 70.4 cm³/mol. The molecule has 0 amide bonds. The molecule has 1 aromatic rings. The van der Waals surface area contributed by atoms with Crippen LogP contribution < -0.4 is 0 Å². The summed E-state index contributed by atoms with van der Waals surface area (Å²) in [5.74, 6) is -0.409. The number of sulfone groups is 1. The average Bonchev–Trinajstić information content (AvgIpc) is 2.38. The average molecular weight is 272 g/mol. The lowest BCUT2D eigenvalue weighted by Gasteiger charge is -2.27. The fraction of sp³-hybridized carbons (Fsp3) is 0.286. The maximum Gasteiger partial charge on any atom is 0.205 e. The molecule has 0 saturated heterocycles. The third-order valence-electron chi connectivity index (χ3n) is 3.35. The van der Waals surface area contributed by atoms with E-state index in [2.05, 4.69) is 0 Å². The molecule has 0 N–H and O–H groups in total. The van der Waals surface area contributed by atoms with Gasteiger partial charge in [-0.15, -0.1) is 0 Å². The molecule has 2 rings (SSSR count). The molecule has 96 valence electrons. The number of allylic oxidation sites excluding steroid dienone is 2. The molecule has 2 atom stereocenters. The molecule has 1 aliphatic rings. The minimum Gasteiger partial charge on any atom is -0.222 e. The van der Waals surface area contributed by atoms with Gasteiger partial charge in [0.15, 0.2) is 5.25 Å². The fourth-order valence-electron chi connectivity index (χ4n) is 2.43. The van der Waals surface area contributed by atoms with Gasteiger partial charge in [-0.05, 0) is 24.5 Å². The Bertz CT molecular complexity index is 706. The molecule has 19 heavy (non-hydrogen) atoms. The van der Waals surface area contributed by atoms with E-state index in [0.29, 0.717) is 12.0 Å². The normalized spacial score (nSPS) is 25.4. The summed E-state index contributed by atoms with van der Waals surface area (Å²) in [6.07, 6.45) is 0.421. The second-order valence-corrected chi connectivity index (χ2v) is 6.54. The van der Waals surface area contributed by atoms with Crippen LogP contribution in [0.25, 0.3) is 0 Å². The van der Waals surface area contributed by atoms with E-state index in [-0.39, 0.29) is 4.91 Å². The topological polar surface area (TPSA) is 81.7 Å². The molecule has 0 radical (unpaired) electrons. The van der Waals surface area contributed by atoms with Gasteiger partial charge in [0.2, 0.25) is 9.84 Å². The summed E-state index contributed by atoms with van der Waals surface area (Å²) in [7, 11) is -3.85. The maximum absolute atomic E-state index is 12.3. The lowest BCUT2D eigenvalue weighted by atomic mass is 9.89. The Balaban J connectivity index is 2.60. The van der Waals surface area contributed by atoms with Gasteiger partial charge in [-0.2, -0.15) is 10.5 Å². The summed E-state index contributed by atoms with van der Waals surface area (Å²) < 4.78 is 24.5. The zero-order valence-corrected chi connectivity index (χ0v) is 11.2. The van der Waals surface area contributed by atoms with E-state index in [9.17, 15) is 13.7 Å². The second-order valence-electron chi connectivity index (χ2n) is 4.54. The minimum absolute atomic E-state index is 0.244. The van der Waals surface area contributed by atoms with Crippen LogP contribution >= 0.6 is 0 Å². The third kappa shape index (κ3) is 2.14. The van der Waals surface area contributed by atoms with Crippen molar-refractivity contribution in [3.8, 4) is 12.1 Å². The largest absolute Gasteiger partial charge is 0.222 e. The first-order valence-electron chi connectivity index (χ1n) is 5.80. The molecule has 0 aliphatic carbocycles. The molecule has 0 aromatic heterocycles. The molecule has 0 saturated carbocycles. The van der Waals surface area contributed by atoms with Gasteiger partial charge in [-0.1, -0.05) is 30.3 Å². The van der Waals surface area contributed by atoms with Gasteiger partial charge in [0.25, 0.3) is 0 Å². The molecule has 0 unspecified atom stereocenters. The van der Waals surface area contributed by atoms with E-state index in [1.54, 1.807) is 13.0 Å². The molecule has 0 fully saturated rings. The summed E-state index contributed by atoms with van der Waals surface area (Å²) >= 11 is 0. The smallest absolute Gasteiger partial charge is 0.205 e. The van der Waals surface area contributed by atoms with Crippen molar-refractivity contribution in [3.63, 3.8) is 0 Å². The summed E-state index contributed by atoms with van der Waals surface area (Å²) in [6.45, 7) is 1.64. The van der Waals surface area contributed by atoms with E-state index in [1.807, 2.05) is 36.4 Å². The molecule has 1 aliphatic heterocycles. The van der Waals surface area contributed by atoms with Gasteiger partial charge in [-0.25, -0.2) is 8.42 Å². The highest BCUT2D eigenvalue weighted by Gasteiger charge is 2.42. The first-order valence-corrected chi connectivity index (χ1v) is 7.35. The Hall–Kier alpha value is -2.11. The van der Waals surface area contributed by atoms with E-state index in [4.69, 9.17) is 5.26 Å². The van der Waals surface area contributed by atoms with Crippen molar-refractivity contribution in [1.29, 1.82) is 10.5 Å². The van der Waals surface area contributed by atoms with Crippen LogP contribution in [0.2, 0.25) is 0 Å². The zero-order valence-electron chi connectivity index (χ0n) is 10.4. The monoisotopic (exact) mass is 272 g/mol. The molecule has 0 spiro atoms. The van der Waals surface area contributed by atoms with Crippen molar-refractivity contribution in [2.24, 2.45) is 0 Å². The fourth-order valence-corrected chi connectivity index (χ4v) is 4.20. The second kappa shape index (κ2) is 4.87. The van der Waals surface area contributed by atoms with Gasteiger partial charge >= 0.3 is 0 Å². The van der Waals surface area contributed by atoms with Gasteiger partial charge in [0, 0.05) is 5.92 Å². The van der Waals surface area contributed by atoms with Crippen LogP contribution in [-0.4, -0.2) is 13.7 Å². The van der Waals surface area contributed by atoms with E-state index in [1.165, 1.54) is 0 Å². The maximum atomic E-state index is 12.3. The van der Waals surface area contributed by atoms with E-state index < -0.39 is 21.0 Å². The molecule has 1 aromatic carbocycles. The molecule has 5 heteroatoms. The lowest BCUT2D eigenvalue weighted by Crippen LogP contribution is -2.32. The molecular formula is C14H12N2O2S. The van der Waals surface area contributed by atoms with Crippen LogP contribution in [0.15, 0.2) is 40.8 Å². The number of hydrogen-bond donors (Lipinski definition) is 0. The van der Waals surface area contributed by atoms with Crippen LogP contribution in [0.3, 0.4) is 0 Å². The van der Waals surface area contributed by atoms with Gasteiger partial charge < -0.3 is 0 Å². The van der Waals surface area contributed by atoms with E-state index >= 15 is 0 Å². The standard InChI is InChI=1S/C14H12N2O2S/c1-10-7-12(11-5-3-2-4-6-11)14(9-16)19(17,18)13(10)8-15/h2-6,12,14H,7H2,1H3/t12-,14+/m1/s1. The van der Waals surface area contributed by atoms with Crippen LogP contribution in [0, 0.1) is 22.7 Å². The Kier molecular flexibility index (Phi) is 3.42. The van der Waals surface area contributed by atoms with Crippen molar-refractivity contribution < 1.29 is 8.42 Å². The Morgan fingerprint density at radius 2 is 1.84 bits per heavy atom. The van der Waals surface area contributed by atoms with Gasteiger partial charge in [0.05, 0.1) is 6.07 Å². The number of nitriles is 2. The van der Waals surface area contributed by atoms with Crippen LogP contribution in [-0.2, 0) is 9.84 Å². The predicted octanol–water partition coefficient (Wildman–Crippen LogP) is 2.28. The molecule has 0 bridgehead atoms. The van der Waals surface area contributed by atoms with Gasteiger partial charge in [-0.3, -0.25) is 0 Å². The molecular weight excluding hydrogens is 260 g/mol. The van der Waals surface area contributed by atoms with Crippen LogP contribution in [0.4, 0.5) is 0 Å². The molecule has 1 heterocycles. The van der Waals surface area contributed by atoms with Crippen LogP contribution in [0.1, 0.15) is 24.8 Å². The SMILES string of the molecule is CC1=C(C#N)S(=O)(=O)[C@@H](C#N)[C@@H](c2ccccc2)C1. The zero-order chi connectivity index (χ0) is 14.0. The number of rotatable bonds is 1. The minimum atomic E-state index is -3.85. The van der Waals surface area contributed by atoms with Crippen molar-refractivity contribution in [1.82, 2.24) is 0 Å². The Labute approximate surface area is 112 Å². The summed E-state index contributed by atoms with van der Waals surface area (Å²) in [6, 6.07) is 12.7. The summed E-state index contributed by atoms with van der Waals surface area (Å²) in [4.78, 5) is -0.244. The van der Waals surface area contributed by atoms with Crippen molar-refractivity contribution >= 4 is 9.84 Å². The molecule has 4 nitrogen and oxygen atoms in total. The Morgan fingerprint density at radius 3 is 2.37 bits per heavy atom. The first-order chi connectivity index (χ1) is 9.02. The number of nitrogens with zero attached hydrogens (tertiary/aromatic N) is 2. The Morgan fingerprint density at radius 1 is 1.21 bits per heavy atom. The van der Waals surface area contributed by atoms with E-state index in [0.717, 1.165) is 5.56 Å². The van der Waals surface area contributed by atoms with Gasteiger partial charge in [0.1, 0.15) is 11.0 Å². The van der Waals surface area contributed by atoms with Crippen LogP contribution in [0.5, 0.6) is 0 Å². The highest BCUT2D eigenvalue weighted by molar-refractivity contribution is 7.96. The highest BCUT2D eigenvalue weighted by Crippen LogP contribution is 2.39. The quantitative estimate of drug-likeness (QED) is 0.785. The third-order valence-corrected chi connectivity index (χ3v) is 5.47. The number of benzene rings is 1.